The van der Waals surface area contributed by atoms with Crippen molar-refractivity contribution < 1.29 is 0 Å². The molecule has 0 amide bonds. The average Bonchev–Trinajstić information content (AvgIpc) is 2.50. The molecule has 1 aromatic carbocycles. The van der Waals surface area contributed by atoms with Crippen LogP contribution in [0.25, 0.3) is 0 Å². The molecule has 0 unspecified atom stereocenters. The molecule has 0 atom stereocenters. The van der Waals surface area contributed by atoms with Gasteiger partial charge < -0.3 is 4.90 Å². The van der Waals surface area contributed by atoms with Crippen molar-refractivity contribution in [2.75, 3.05) is 4.90 Å². The van der Waals surface area contributed by atoms with Gasteiger partial charge in [-0.1, -0.05) is 49.1 Å². The second kappa shape index (κ2) is 7.34. The van der Waals surface area contributed by atoms with Crippen LogP contribution in [0.15, 0.2) is 90.8 Å². The third-order valence-corrected chi connectivity index (χ3v) is 3.13. The molecule has 0 aromatic heterocycles. The number of rotatable bonds is 5. The second-order valence-corrected chi connectivity index (χ2v) is 4.61. The predicted octanol–water partition coefficient (Wildman–Crippen LogP) is 5.37. The zero-order valence-corrected chi connectivity index (χ0v) is 12.0. The number of nitrogens with zero attached hydrogens (tertiary/aromatic N) is 1. The van der Waals surface area contributed by atoms with E-state index in [0.29, 0.717) is 0 Å². The number of hydrogen-bond donors (Lipinski definition) is 0. The highest BCUT2D eigenvalue weighted by atomic mass is 15.1. The summed E-state index contributed by atoms with van der Waals surface area (Å²) in [6.45, 7) is 5.86. The zero-order valence-electron chi connectivity index (χ0n) is 12.0. The van der Waals surface area contributed by atoms with Crippen molar-refractivity contribution in [3.63, 3.8) is 0 Å². The van der Waals surface area contributed by atoms with Gasteiger partial charge in [-0.05, 0) is 50.1 Å². The summed E-state index contributed by atoms with van der Waals surface area (Å²) in [5.74, 6) is 0. The van der Waals surface area contributed by atoms with Crippen LogP contribution < -0.4 is 4.90 Å². The number of allylic oxidation sites excluding steroid dienone is 7. The first-order valence-corrected chi connectivity index (χ1v) is 7.04. The molecule has 0 fully saturated rings. The summed E-state index contributed by atoms with van der Waals surface area (Å²) < 4.78 is 0. The Morgan fingerprint density at radius 2 is 2.00 bits per heavy atom. The third kappa shape index (κ3) is 3.39. The van der Waals surface area contributed by atoms with E-state index < -0.39 is 0 Å². The molecule has 0 saturated heterocycles. The molecular weight excluding hydrogens is 242 g/mol. The second-order valence-electron chi connectivity index (χ2n) is 4.61. The van der Waals surface area contributed by atoms with E-state index in [1.807, 2.05) is 25.1 Å². The lowest BCUT2D eigenvalue weighted by atomic mass is 10.1. The molecule has 1 aliphatic carbocycles. The molecule has 20 heavy (non-hydrogen) atoms. The van der Waals surface area contributed by atoms with Gasteiger partial charge in [0.25, 0.3) is 0 Å². The Hall–Kier alpha value is -2.28. The SMILES string of the molecule is C=CC=C(C=CC)N(C1=CCCC=C1)c1ccccc1. The number of para-hydroxylation sites is 1. The first kappa shape index (κ1) is 14.1. The minimum Gasteiger partial charge on any atom is -0.311 e. The molecule has 1 heteroatoms. The largest absolute Gasteiger partial charge is 0.311 e. The first-order valence-electron chi connectivity index (χ1n) is 7.04. The first-order chi connectivity index (χ1) is 9.86. The highest BCUT2D eigenvalue weighted by Crippen LogP contribution is 2.27. The molecular formula is C19H21N. The van der Waals surface area contributed by atoms with E-state index in [1.165, 1.54) is 5.70 Å². The van der Waals surface area contributed by atoms with Gasteiger partial charge in [0.2, 0.25) is 0 Å². The van der Waals surface area contributed by atoms with Crippen LogP contribution in [0.3, 0.4) is 0 Å². The van der Waals surface area contributed by atoms with Crippen molar-refractivity contribution in [1.29, 1.82) is 0 Å². The molecule has 0 aliphatic heterocycles. The van der Waals surface area contributed by atoms with Crippen molar-refractivity contribution in [2.45, 2.75) is 19.8 Å². The van der Waals surface area contributed by atoms with Gasteiger partial charge in [-0.15, -0.1) is 0 Å². The lowest BCUT2D eigenvalue weighted by molar-refractivity contribution is 0.986. The van der Waals surface area contributed by atoms with Gasteiger partial charge in [-0.3, -0.25) is 0 Å². The standard InChI is InChI=1S/C19H21N/c1-3-11-17(12-4-2)20(18-13-7-5-8-14-18)19-15-9-6-10-16-19/h3-5,7-9,11-16H,1,6,10H2,2H3. The Morgan fingerprint density at radius 1 is 1.20 bits per heavy atom. The molecule has 2 rings (SSSR count). The Labute approximate surface area is 121 Å². The van der Waals surface area contributed by atoms with Gasteiger partial charge in [0, 0.05) is 17.1 Å². The molecule has 0 heterocycles. The van der Waals surface area contributed by atoms with Crippen molar-refractivity contribution in [2.24, 2.45) is 0 Å². The van der Waals surface area contributed by atoms with Crippen LogP contribution in [0.5, 0.6) is 0 Å². The van der Waals surface area contributed by atoms with Gasteiger partial charge in [-0.25, -0.2) is 0 Å². The quantitative estimate of drug-likeness (QED) is 0.645. The van der Waals surface area contributed by atoms with Crippen molar-refractivity contribution in [1.82, 2.24) is 0 Å². The van der Waals surface area contributed by atoms with Crippen molar-refractivity contribution in [3.05, 3.63) is 90.8 Å². The molecule has 1 aliphatic rings. The van der Waals surface area contributed by atoms with Gasteiger partial charge in [0.15, 0.2) is 0 Å². The Bertz CT molecular complexity index is 559. The highest BCUT2D eigenvalue weighted by Gasteiger charge is 2.13. The van der Waals surface area contributed by atoms with E-state index in [1.54, 1.807) is 0 Å². The van der Waals surface area contributed by atoms with Crippen LogP contribution in [0.2, 0.25) is 0 Å². The maximum atomic E-state index is 3.83. The van der Waals surface area contributed by atoms with Crippen molar-refractivity contribution >= 4 is 5.69 Å². The molecule has 0 spiro atoms. The van der Waals surface area contributed by atoms with Gasteiger partial charge in [0.05, 0.1) is 0 Å². The highest BCUT2D eigenvalue weighted by molar-refractivity contribution is 5.63. The zero-order chi connectivity index (χ0) is 14.2. The summed E-state index contributed by atoms with van der Waals surface area (Å²) in [5.41, 5.74) is 3.50. The smallest absolute Gasteiger partial charge is 0.0461 e. The summed E-state index contributed by atoms with van der Waals surface area (Å²) >= 11 is 0. The summed E-state index contributed by atoms with van der Waals surface area (Å²) in [4.78, 5) is 2.26. The third-order valence-electron chi connectivity index (χ3n) is 3.13. The van der Waals surface area contributed by atoms with E-state index >= 15 is 0 Å². The van der Waals surface area contributed by atoms with Gasteiger partial charge in [-0.2, -0.15) is 0 Å². The molecule has 0 bridgehead atoms. The minimum atomic E-state index is 1.09. The van der Waals surface area contributed by atoms with Crippen molar-refractivity contribution in [3.8, 4) is 0 Å². The van der Waals surface area contributed by atoms with E-state index in [4.69, 9.17) is 0 Å². The van der Waals surface area contributed by atoms with Crippen LogP contribution in [-0.2, 0) is 0 Å². The normalized spacial score (nSPS) is 15.2. The molecule has 1 nitrogen and oxygen atoms in total. The lowest BCUT2D eigenvalue weighted by Gasteiger charge is -2.28. The van der Waals surface area contributed by atoms with Crippen LogP contribution in [0.1, 0.15) is 19.8 Å². The van der Waals surface area contributed by atoms with E-state index in [-0.39, 0.29) is 0 Å². The molecule has 0 saturated carbocycles. The minimum absolute atomic E-state index is 1.09. The summed E-state index contributed by atoms with van der Waals surface area (Å²) in [6, 6.07) is 10.4. The molecule has 0 radical (unpaired) electrons. The Kier molecular flexibility index (Phi) is 5.19. The van der Waals surface area contributed by atoms with Crippen LogP contribution >= 0.6 is 0 Å². The van der Waals surface area contributed by atoms with E-state index in [2.05, 4.69) is 66.1 Å². The number of anilines is 1. The van der Waals surface area contributed by atoms with E-state index in [0.717, 1.165) is 24.2 Å². The average molecular weight is 263 g/mol. The Morgan fingerprint density at radius 3 is 2.60 bits per heavy atom. The fourth-order valence-electron chi connectivity index (χ4n) is 2.29. The summed E-state index contributed by atoms with van der Waals surface area (Å²) in [5, 5.41) is 0. The molecule has 102 valence electrons. The fraction of sp³-hybridized carbons (Fsp3) is 0.158. The maximum Gasteiger partial charge on any atom is 0.0461 e. The summed E-state index contributed by atoms with van der Waals surface area (Å²) in [6.07, 6.45) is 16.9. The Balaban J connectivity index is 2.48. The monoisotopic (exact) mass is 263 g/mol. The lowest BCUT2D eigenvalue weighted by Crippen LogP contribution is -2.20. The van der Waals surface area contributed by atoms with Crippen LogP contribution in [0, 0.1) is 0 Å². The van der Waals surface area contributed by atoms with Crippen LogP contribution in [-0.4, -0.2) is 0 Å². The maximum absolute atomic E-state index is 3.83. The van der Waals surface area contributed by atoms with Crippen LogP contribution in [0.4, 0.5) is 5.69 Å². The van der Waals surface area contributed by atoms with Gasteiger partial charge >= 0.3 is 0 Å². The molecule has 1 aromatic rings. The predicted molar refractivity (Wildman–Crippen MR) is 88.5 cm³/mol. The fourth-order valence-corrected chi connectivity index (χ4v) is 2.29. The van der Waals surface area contributed by atoms with E-state index in [9.17, 15) is 0 Å². The number of hydrogen-bond acceptors (Lipinski definition) is 1. The number of benzene rings is 1. The summed E-state index contributed by atoms with van der Waals surface area (Å²) in [7, 11) is 0. The van der Waals surface area contributed by atoms with Gasteiger partial charge in [0.1, 0.15) is 0 Å². The topological polar surface area (TPSA) is 3.24 Å². The molecule has 0 N–H and O–H groups in total.